The summed E-state index contributed by atoms with van der Waals surface area (Å²) < 4.78 is 36.3. The van der Waals surface area contributed by atoms with E-state index in [2.05, 4.69) is 54.5 Å². The molecule has 368 valence electrons. The molecule has 64 heavy (non-hydrogen) atoms. The molecule has 3 saturated heterocycles. The third-order valence-electron chi connectivity index (χ3n) is 19.4. The van der Waals surface area contributed by atoms with Gasteiger partial charge in [-0.2, -0.15) is 0 Å². The molecule has 0 unspecified atom stereocenters. The Morgan fingerprint density at radius 3 is 1.94 bits per heavy atom. The van der Waals surface area contributed by atoms with Crippen LogP contribution in [0.4, 0.5) is 0 Å². The Morgan fingerprint density at radius 2 is 1.25 bits per heavy atom. The molecular weight excluding hydrogens is 833 g/mol. The van der Waals surface area contributed by atoms with Gasteiger partial charge in [0, 0.05) is 12.0 Å². The maximum absolute atomic E-state index is 11.8. The van der Waals surface area contributed by atoms with E-state index in [1.807, 2.05) is 0 Å². The Morgan fingerprint density at radius 1 is 0.625 bits per heavy atom. The van der Waals surface area contributed by atoms with Crippen LogP contribution in [0.25, 0.3) is 0 Å². The van der Waals surface area contributed by atoms with Crippen molar-refractivity contribution in [3.63, 3.8) is 0 Å². The molecular formula is C48H80O16. The average Bonchev–Trinajstić information content (AvgIpc) is 3.24. The van der Waals surface area contributed by atoms with Gasteiger partial charge >= 0.3 is 0 Å². The molecule has 0 amide bonds. The third kappa shape index (κ3) is 7.81. The van der Waals surface area contributed by atoms with E-state index in [1.54, 1.807) is 5.57 Å². The molecule has 3 aliphatic heterocycles. The Labute approximate surface area is 378 Å². The minimum atomic E-state index is -1.74. The standard InChI is InChI=1S/C48H80O16/c1-23-31(51)33(53)37(57)41(60-23)64-39-27(21-59-40-36(56)34(54)32(52)26(20-49)61-40)62-42(38(58)35(39)55)63-30-12-13-45(6)28(44(30,4)5)11-14-47(8)29(45)10-9-24-25-19-43(2,3)15-17-48(25,22-50)18-16-46(24,47)7/h9,23,25-42,49-58H,10-22H2,1-8H3/t23-,25+,26+,27+,28+,29+,30-,31-,32+,33+,34-,35+,36+,37+,38+,39+,40+,41-,42-,45-,46+,47+,48+/m0/s1. The molecule has 0 radical (unpaired) electrons. The zero-order chi connectivity index (χ0) is 46.7. The summed E-state index contributed by atoms with van der Waals surface area (Å²) in [5.41, 5.74) is 1.46. The SMILES string of the molecule is C[C@@H]1O[C@@H](O[C@H]2[C@H](O)[C@@H](O)[C@H](O[C@H]3CC[C@@]4(C)[C@H](CC[C@]5(C)[C@@H]4CC=C4[C@H]6CC(C)(C)CC[C@]6(CO)CC[C@]45C)C3(C)C)O[C@@H]2CO[C@@H]2O[C@H](CO)[C@@H](O)[C@H](O)[C@H]2O)[C@H](O)[C@H](O)[C@H]1O. The molecule has 23 atom stereocenters. The van der Waals surface area contributed by atoms with Gasteiger partial charge in [-0.15, -0.1) is 0 Å². The summed E-state index contributed by atoms with van der Waals surface area (Å²) in [6, 6.07) is 0. The van der Waals surface area contributed by atoms with Gasteiger partial charge in [-0.3, -0.25) is 0 Å². The van der Waals surface area contributed by atoms with Crippen LogP contribution in [0.3, 0.4) is 0 Å². The molecule has 7 fully saturated rings. The quantitative estimate of drug-likeness (QED) is 0.117. The molecule has 16 heteroatoms. The largest absolute Gasteiger partial charge is 0.396 e. The monoisotopic (exact) mass is 913 g/mol. The molecule has 10 N–H and O–H groups in total. The molecule has 0 aromatic heterocycles. The minimum Gasteiger partial charge on any atom is -0.396 e. The van der Waals surface area contributed by atoms with Crippen molar-refractivity contribution in [3.8, 4) is 0 Å². The van der Waals surface area contributed by atoms with E-state index in [1.165, 1.54) is 6.92 Å². The van der Waals surface area contributed by atoms with E-state index < -0.39 is 117 Å². The third-order valence-corrected chi connectivity index (χ3v) is 19.4. The fraction of sp³-hybridized carbons (Fsp3) is 0.958. The zero-order valence-corrected chi connectivity index (χ0v) is 39.2. The highest BCUT2D eigenvalue weighted by Crippen LogP contribution is 2.76. The van der Waals surface area contributed by atoms with E-state index >= 15 is 0 Å². The van der Waals surface area contributed by atoms with Gasteiger partial charge in [0.25, 0.3) is 0 Å². The van der Waals surface area contributed by atoms with Crippen molar-refractivity contribution >= 4 is 0 Å². The summed E-state index contributed by atoms with van der Waals surface area (Å²) in [4.78, 5) is 0. The molecule has 5 aliphatic carbocycles. The fourth-order valence-corrected chi connectivity index (χ4v) is 15.0. The van der Waals surface area contributed by atoms with Crippen LogP contribution < -0.4 is 0 Å². The van der Waals surface area contributed by atoms with Gasteiger partial charge in [-0.1, -0.05) is 60.1 Å². The maximum atomic E-state index is 11.8. The van der Waals surface area contributed by atoms with Crippen molar-refractivity contribution in [1.29, 1.82) is 0 Å². The fourth-order valence-electron chi connectivity index (χ4n) is 15.0. The Bertz CT molecular complexity index is 1690. The lowest BCUT2D eigenvalue weighted by atomic mass is 9.33. The van der Waals surface area contributed by atoms with Gasteiger partial charge < -0.3 is 79.5 Å². The lowest BCUT2D eigenvalue weighted by Crippen LogP contribution is -2.66. The van der Waals surface area contributed by atoms with Crippen LogP contribution in [0.15, 0.2) is 11.6 Å². The van der Waals surface area contributed by atoms with Gasteiger partial charge in [0.15, 0.2) is 18.9 Å². The van der Waals surface area contributed by atoms with Gasteiger partial charge in [-0.05, 0) is 116 Å². The molecule has 16 nitrogen and oxygen atoms in total. The molecule has 8 rings (SSSR count). The van der Waals surface area contributed by atoms with Crippen molar-refractivity contribution in [2.75, 3.05) is 19.8 Å². The van der Waals surface area contributed by atoms with E-state index in [0.717, 1.165) is 57.8 Å². The molecule has 0 aromatic carbocycles. The second kappa shape index (κ2) is 17.5. The van der Waals surface area contributed by atoms with Gasteiger partial charge in [0.05, 0.1) is 25.4 Å². The van der Waals surface area contributed by atoms with Crippen molar-refractivity contribution in [3.05, 3.63) is 11.6 Å². The number of allylic oxidation sites excluding steroid dienone is 2. The van der Waals surface area contributed by atoms with Crippen LogP contribution in [0.2, 0.25) is 0 Å². The Balaban J connectivity index is 1.02. The van der Waals surface area contributed by atoms with Crippen molar-refractivity contribution in [2.45, 2.75) is 218 Å². The highest BCUT2D eigenvalue weighted by molar-refractivity contribution is 5.34. The lowest BCUT2D eigenvalue weighted by molar-refractivity contribution is -0.373. The molecule has 4 saturated carbocycles. The van der Waals surface area contributed by atoms with Gasteiger partial charge in [0.2, 0.25) is 0 Å². The van der Waals surface area contributed by atoms with E-state index in [-0.39, 0.29) is 39.6 Å². The summed E-state index contributed by atoms with van der Waals surface area (Å²) in [7, 11) is 0. The van der Waals surface area contributed by atoms with Crippen LogP contribution in [-0.4, -0.2) is 169 Å². The summed E-state index contributed by atoms with van der Waals surface area (Å²) in [6.45, 7) is 17.4. The molecule has 0 aromatic rings. The lowest BCUT2D eigenvalue weighted by Gasteiger charge is -2.71. The average molecular weight is 913 g/mol. The van der Waals surface area contributed by atoms with Gasteiger partial charge in [0.1, 0.15) is 67.1 Å². The summed E-state index contributed by atoms with van der Waals surface area (Å²) in [6.07, 6.45) is -10.5. The zero-order valence-electron chi connectivity index (χ0n) is 39.2. The van der Waals surface area contributed by atoms with Crippen LogP contribution >= 0.6 is 0 Å². The van der Waals surface area contributed by atoms with Crippen molar-refractivity contribution < 1.29 is 79.5 Å². The first kappa shape index (κ1) is 49.5. The number of fused-ring (bicyclic) bond motifs is 7. The molecule has 0 bridgehead atoms. The van der Waals surface area contributed by atoms with Crippen LogP contribution in [-0.2, 0) is 28.4 Å². The normalized spacial score (nSPS) is 54.7. The smallest absolute Gasteiger partial charge is 0.187 e. The Kier molecular flexibility index (Phi) is 13.5. The van der Waals surface area contributed by atoms with Crippen molar-refractivity contribution in [1.82, 2.24) is 0 Å². The number of rotatable bonds is 9. The number of ether oxygens (including phenoxy) is 6. The highest BCUT2D eigenvalue weighted by atomic mass is 16.8. The number of aliphatic hydroxyl groups excluding tert-OH is 10. The van der Waals surface area contributed by atoms with Gasteiger partial charge in [-0.25, -0.2) is 0 Å². The predicted molar refractivity (Wildman–Crippen MR) is 229 cm³/mol. The van der Waals surface area contributed by atoms with Crippen LogP contribution in [0.1, 0.15) is 120 Å². The number of aliphatic hydroxyl groups is 10. The molecule has 3 heterocycles. The first-order valence-corrected chi connectivity index (χ1v) is 24.2. The second-order valence-corrected chi connectivity index (χ2v) is 23.6. The first-order valence-electron chi connectivity index (χ1n) is 24.2. The van der Waals surface area contributed by atoms with Crippen LogP contribution in [0, 0.1) is 50.2 Å². The second-order valence-electron chi connectivity index (χ2n) is 23.6. The number of hydrogen-bond acceptors (Lipinski definition) is 16. The van der Waals surface area contributed by atoms with E-state index in [0.29, 0.717) is 18.3 Å². The molecule has 8 aliphatic rings. The number of hydrogen-bond donors (Lipinski definition) is 10. The minimum absolute atomic E-state index is 0.0221. The first-order chi connectivity index (χ1) is 29.9. The summed E-state index contributed by atoms with van der Waals surface area (Å²) in [5, 5.41) is 107. The topological polar surface area (TPSA) is 258 Å². The maximum Gasteiger partial charge on any atom is 0.187 e. The van der Waals surface area contributed by atoms with E-state index in [4.69, 9.17) is 28.4 Å². The predicted octanol–water partition coefficient (Wildman–Crippen LogP) is 1.64. The highest BCUT2D eigenvalue weighted by Gasteiger charge is 2.69. The Hall–Kier alpha value is -0.900. The van der Waals surface area contributed by atoms with Crippen molar-refractivity contribution in [2.24, 2.45) is 50.2 Å². The van der Waals surface area contributed by atoms with Crippen LogP contribution in [0.5, 0.6) is 0 Å². The summed E-state index contributed by atoms with van der Waals surface area (Å²) in [5.74, 6) is 1.07. The van der Waals surface area contributed by atoms with E-state index in [9.17, 15) is 51.1 Å². The molecule has 0 spiro atoms. The summed E-state index contributed by atoms with van der Waals surface area (Å²) >= 11 is 0.